The number of aryl methyl sites for hydroxylation is 1. The molecule has 0 saturated carbocycles. The number of hydrogen-bond donors (Lipinski definition) is 0. The van der Waals surface area contributed by atoms with Crippen molar-refractivity contribution >= 4 is 33.3 Å². The van der Waals surface area contributed by atoms with Gasteiger partial charge in [0, 0.05) is 13.5 Å². The average molecular weight is 307 g/mol. The van der Waals surface area contributed by atoms with Gasteiger partial charge < -0.3 is 9.64 Å². The van der Waals surface area contributed by atoms with Crippen molar-refractivity contribution in [3.63, 3.8) is 0 Å². The van der Waals surface area contributed by atoms with Crippen LogP contribution >= 0.6 is 11.3 Å². The van der Waals surface area contributed by atoms with Gasteiger partial charge in [0.05, 0.1) is 11.5 Å². The van der Waals surface area contributed by atoms with Crippen LogP contribution in [0.3, 0.4) is 0 Å². The number of carbonyl (C=O) groups is 1. The molecule has 0 N–H and O–H groups in total. The molecular weight excluding hydrogens is 286 g/mol. The summed E-state index contributed by atoms with van der Waals surface area (Å²) in [4.78, 5) is 24.0. The van der Waals surface area contributed by atoms with Crippen LogP contribution in [0, 0.1) is 0 Å². The van der Waals surface area contributed by atoms with E-state index in [-0.39, 0.29) is 12.1 Å². The Morgan fingerprint density at radius 3 is 2.71 bits per heavy atom. The lowest BCUT2D eigenvalue weighted by Gasteiger charge is -2.26. The number of hydrogen-bond acceptors (Lipinski definition) is 6. The predicted octanol–water partition coefficient (Wildman–Crippen LogP) is 3.03. The number of rotatable bonds is 5. The highest BCUT2D eigenvalue weighted by Gasteiger charge is 2.24. The van der Waals surface area contributed by atoms with Crippen molar-refractivity contribution in [1.82, 2.24) is 9.97 Å². The highest BCUT2D eigenvalue weighted by Crippen LogP contribution is 2.28. The number of nitrogens with zero attached hydrogens (tertiary/aromatic N) is 3. The Morgan fingerprint density at radius 2 is 2.10 bits per heavy atom. The molecule has 2 rings (SSSR count). The number of carbonyl (C=O) groups excluding carboxylic acids is 1. The van der Waals surface area contributed by atoms with Gasteiger partial charge in [-0.3, -0.25) is 0 Å². The van der Waals surface area contributed by atoms with Crippen LogP contribution in [0.25, 0.3) is 10.2 Å². The molecular formula is C15H21N3O2S. The molecule has 0 amide bonds. The van der Waals surface area contributed by atoms with E-state index in [4.69, 9.17) is 4.74 Å². The normalized spacial score (nSPS) is 12.7. The van der Waals surface area contributed by atoms with E-state index >= 15 is 0 Å². The Balaban J connectivity index is 2.35. The van der Waals surface area contributed by atoms with Crippen LogP contribution in [0.1, 0.15) is 33.5 Å². The maximum atomic E-state index is 12.1. The van der Waals surface area contributed by atoms with Crippen molar-refractivity contribution in [2.24, 2.45) is 0 Å². The first kappa shape index (κ1) is 15.7. The van der Waals surface area contributed by atoms with Gasteiger partial charge in [0.25, 0.3) is 0 Å². The molecule has 0 aliphatic carbocycles. The molecule has 2 heterocycles. The molecule has 0 bridgehead atoms. The monoisotopic (exact) mass is 307 g/mol. The third kappa shape index (κ3) is 3.32. The summed E-state index contributed by atoms with van der Waals surface area (Å²) in [5.74, 6) is 1.33. The highest BCUT2D eigenvalue weighted by molar-refractivity contribution is 7.16. The molecule has 21 heavy (non-hydrogen) atoms. The Morgan fingerprint density at radius 1 is 1.38 bits per heavy atom. The van der Waals surface area contributed by atoms with E-state index in [0.717, 1.165) is 28.3 Å². The van der Waals surface area contributed by atoms with Crippen LogP contribution in [0.15, 0.2) is 11.4 Å². The Hall–Kier alpha value is -1.69. The lowest BCUT2D eigenvalue weighted by molar-refractivity contribution is -0.148. The van der Waals surface area contributed by atoms with Crippen molar-refractivity contribution in [1.29, 1.82) is 0 Å². The fourth-order valence-electron chi connectivity index (χ4n) is 1.98. The number of esters is 1. The zero-order valence-electron chi connectivity index (χ0n) is 13.1. The molecule has 5 nitrogen and oxygen atoms in total. The van der Waals surface area contributed by atoms with E-state index in [0.29, 0.717) is 0 Å². The van der Waals surface area contributed by atoms with E-state index in [9.17, 15) is 4.79 Å². The molecule has 0 aliphatic rings. The minimum Gasteiger partial charge on any atom is -0.461 e. The van der Waals surface area contributed by atoms with Crippen LogP contribution in [-0.2, 0) is 16.0 Å². The molecule has 1 atom stereocenters. The summed E-state index contributed by atoms with van der Waals surface area (Å²) in [5.41, 5.74) is 0. The van der Waals surface area contributed by atoms with Crippen LogP contribution in [0.2, 0.25) is 0 Å². The van der Waals surface area contributed by atoms with E-state index < -0.39 is 6.04 Å². The molecule has 0 aliphatic heterocycles. The van der Waals surface area contributed by atoms with Gasteiger partial charge in [0.1, 0.15) is 22.5 Å². The number of aromatic nitrogens is 2. The molecule has 2 aromatic heterocycles. The lowest BCUT2D eigenvalue weighted by Crippen LogP contribution is -2.39. The van der Waals surface area contributed by atoms with Crippen LogP contribution in [-0.4, -0.2) is 35.1 Å². The summed E-state index contributed by atoms with van der Waals surface area (Å²) in [6.45, 7) is 7.55. The number of anilines is 1. The summed E-state index contributed by atoms with van der Waals surface area (Å²) in [6, 6.07) is 1.60. The second-order valence-electron chi connectivity index (χ2n) is 5.23. The van der Waals surface area contributed by atoms with Gasteiger partial charge in [-0.15, -0.1) is 11.3 Å². The minimum absolute atomic E-state index is 0.119. The van der Waals surface area contributed by atoms with Crippen molar-refractivity contribution in [3.05, 3.63) is 17.3 Å². The summed E-state index contributed by atoms with van der Waals surface area (Å²) >= 11 is 1.59. The SMILES string of the molecule is CCc1nc(N(C)C(C)C(=O)OC(C)C)c2ccsc2n1. The fraction of sp³-hybridized carbons (Fsp3) is 0.533. The van der Waals surface area contributed by atoms with Gasteiger partial charge in [-0.05, 0) is 32.2 Å². The fourth-order valence-corrected chi connectivity index (χ4v) is 2.76. The maximum Gasteiger partial charge on any atom is 0.328 e. The number of likely N-dealkylation sites (N-methyl/N-ethyl adjacent to an activating group) is 1. The third-order valence-corrected chi connectivity index (χ3v) is 4.08. The largest absolute Gasteiger partial charge is 0.461 e. The van der Waals surface area contributed by atoms with Crippen LogP contribution in [0.5, 0.6) is 0 Å². The summed E-state index contributed by atoms with van der Waals surface area (Å²) < 4.78 is 5.28. The van der Waals surface area contributed by atoms with E-state index in [1.165, 1.54) is 0 Å². The molecule has 6 heteroatoms. The molecule has 1 unspecified atom stereocenters. The first-order chi connectivity index (χ1) is 9.93. The molecule has 0 fully saturated rings. The summed E-state index contributed by atoms with van der Waals surface area (Å²) in [6.07, 6.45) is 0.644. The quantitative estimate of drug-likeness (QED) is 0.795. The predicted molar refractivity (Wildman–Crippen MR) is 85.9 cm³/mol. The van der Waals surface area contributed by atoms with Crippen molar-refractivity contribution in [2.75, 3.05) is 11.9 Å². The van der Waals surface area contributed by atoms with Crippen LogP contribution in [0.4, 0.5) is 5.82 Å². The summed E-state index contributed by atoms with van der Waals surface area (Å²) in [5, 5.41) is 2.97. The molecule has 0 saturated heterocycles. The topological polar surface area (TPSA) is 55.3 Å². The Bertz CT molecular complexity index is 639. The van der Waals surface area contributed by atoms with E-state index in [1.54, 1.807) is 11.3 Å². The number of fused-ring (bicyclic) bond motifs is 1. The molecule has 0 spiro atoms. The third-order valence-electron chi connectivity index (χ3n) is 3.28. The first-order valence-corrected chi connectivity index (χ1v) is 7.99. The Kier molecular flexibility index (Phi) is 4.77. The second-order valence-corrected chi connectivity index (χ2v) is 6.12. The van der Waals surface area contributed by atoms with Crippen molar-refractivity contribution in [2.45, 2.75) is 46.3 Å². The highest BCUT2D eigenvalue weighted by atomic mass is 32.1. The van der Waals surface area contributed by atoms with Gasteiger partial charge in [0.15, 0.2) is 0 Å². The van der Waals surface area contributed by atoms with Gasteiger partial charge in [-0.1, -0.05) is 6.92 Å². The number of thiophene rings is 1. The van der Waals surface area contributed by atoms with Gasteiger partial charge in [-0.25, -0.2) is 14.8 Å². The summed E-state index contributed by atoms with van der Waals surface area (Å²) in [7, 11) is 1.87. The molecule has 0 radical (unpaired) electrons. The smallest absolute Gasteiger partial charge is 0.328 e. The zero-order chi connectivity index (χ0) is 15.6. The molecule has 114 valence electrons. The minimum atomic E-state index is -0.393. The van der Waals surface area contributed by atoms with Crippen LogP contribution < -0.4 is 4.90 Å². The second kappa shape index (κ2) is 6.39. The lowest BCUT2D eigenvalue weighted by atomic mass is 10.2. The average Bonchev–Trinajstić information content (AvgIpc) is 2.91. The van der Waals surface area contributed by atoms with Gasteiger partial charge >= 0.3 is 5.97 Å². The molecule has 0 aromatic carbocycles. The van der Waals surface area contributed by atoms with E-state index in [1.807, 2.05) is 51.1 Å². The van der Waals surface area contributed by atoms with Crippen molar-refractivity contribution < 1.29 is 9.53 Å². The van der Waals surface area contributed by atoms with E-state index in [2.05, 4.69) is 9.97 Å². The Labute approximate surface area is 129 Å². The van der Waals surface area contributed by atoms with Crippen molar-refractivity contribution in [3.8, 4) is 0 Å². The standard InChI is InChI=1S/C15H21N3O2S/c1-6-12-16-13(11-7-8-21-14(11)17-12)18(5)10(4)15(19)20-9(2)3/h7-10H,6H2,1-5H3. The molecule has 2 aromatic rings. The van der Waals surface area contributed by atoms with Gasteiger partial charge in [-0.2, -0.15) is 0 Å². The van der Waals surface area contributed by atoms with Gasteiger partial charge in [0.2, 0.25) is 0 Å². The maximum absolute atomic E-state index is 12.1. The first-order valence-electron chi connectivity index (χ1n) is 7.11. The zero-order valence-corrected chi connectivity index (χ0v) is 13.9. The number of ether oxygens (including phenoxy) is 1.